The molecule has 1 aliphatic carbocycles. The molecule has 4 rings (SSSR count). The van der Waals surface area contributed by atoms with Crippen molar-refractivity contribution in [1.82, 2.24) is 15.3 Å². The summed E-state index contributed by atoms with van der Waals surface area (Å²) >= 11 is 0. The minimum absolute atomic E-state index is 0.139. The van der Waals surface area contributed by atoms with Gasteiger partial charge in [0.15, 0.2) is 0 Å². The quantitative estimate of drug-likeness (QED) is 0.794. The second-order valence-electron chi connectivity index (χ2n) is 6.81. The Labute approximate surface area is 125 Å². The van der Waals surface area contributed by atoms with Crippen LogP contribution in [0.3, 0.4) is 0 Å². The summed E-state index contributed by atoms with van der Waals surface area (Å²) in [6, 6.07) is 0. The monoisotopic (exact) mass is 286 g/mol. The third kappa shape index (κ3) is 2.28. The zero-order chi connectivity index (χ0) is 14.3. The summed E-state index contributed by atoms with van der Waals surface area (Å²) in [5, 5.41) is 3.00. The molecule has 0 saturated carbocycles. The van der Waals surface area contributed by atoms with Gasteiger partial charge in [0.1, 0.15) is 12.1 Å². The van der Waals surface area contributed by atoms with E-state index in [9.17, 15) is 4.79 Å². The van der Waals surface area contributed by atoms with Gasteiger partial charge in [-0.25, -0.2) is 9.97 Å². The predicted octanol–water partition coefficient (Wildman–Crippen LogP) is 1.46. The standard InChI is InChI=1S/C16H22N4O/c21-14-8-16(9-17-14)6-7-20(10-16)15-12-4-2-1-3-5-13(12)18-11-19-15/h11H,1-10H2,(H,17,21). The van der Waals surface area contributed by atoms with E-state index in [2.05, 4.69) is 20.2 Å². The molecular weight excluding hydrogens is 264 g/mol. The van der Waals surface area contributed by atoms with Gasteiger partial charge in [0.25, 0.3) is 0 Å². The highest BCUT2D eigenvalue weighted by Crippen LogP contribution is 2.39. The first kappa shape index (κ1) is 13.0. The number of nitrogens with zero attached hydrogens (tertiary/aromatic N) is 3. The number of fused-ring (bicyclic) bond motifs is 1. The Morgan fingerprint density at radius 2 is 2.10 bits per heavy atom. The largest absolute Gasteiger partial charge is 0.356 e. The van der Waals surface area contributed by atoms with Crippen molar-refractivity contribution in [2.75, 3.05) is 24.5 Å². The van der Waals surface area contributed by atoms with Gasteiger partial charge in [-0.05, 0) is 32.1 Å². The van der Waals surface area contributed by atoms with Gasteiger partial charge in [-0.2, -0.15) is 0 Å². The van der Waals surface area contributed by atoms with Crippen molar-refractivity contribution in [2.45, 2.75) is 44.9 Å². The number of carbonyl (C=O) groups is 1. The second-order valence-corrected chi connectivity index (χ2v) is 6.81. The minimum Gasteiger partial charge on any atom is -0.356 e. The first-order chi connectivity index (χ1) is 10.3. The number of aryl methyl sites for hydroxylation is 1. The van der Waals surface area contributed by atoms with Crippen molar-refractivity contribution in [3.63, 3.8) is 0 Å². The van der Waals surface area contributed by atoms with Crippen LogP contribution >= 0.6 is 0 Å². The van der Waals surface area contributed by atoms with E-state index in [-0.39, 0.29) is 11.3 Å². The SMILES string of the molecule is O=C1CC2(CCN(c3ncnc4c3CCCCC4)C2)CN1. The summed E-state index contributed by atoms with van der Waals surface area (Å²) in [4.78, 5) is 23.1. The van der Waals surface area contributed by atoms with Crippen molar-refractivity contribution in [3.05, 3.63) is 17.6 Å². The number of aromatic nitrogens is 2. The van der Waals surface area contributed by atoms with Crippen LogP contribution < -0.4 is 10.2 Å². The van der Waals surface area contributed by atoms with E-state index in [1.165, 1.54) is 30.5 Å². The number of hydrogen-bond donors (Lipinski definition) is 1. The lowest BCUT2D eigenvalue weighted by Gasteiger charge is -2.24. The molecule has 3 heterocycles. The van der Waals surface area contributed by atoms with Crippen LogP contribution in [0, 0.1) is 5.41 Å². The maximum absolute atomic E-state index is 11.6. The summed E-state index contributed by atoms with van der Waals surface area (Å²) in [5.41, 5.74) is 2.75. The van der Waals surface area contributed by atoms with E-state index in [4.69, 9.17) is 0 Å². The highest BCUT2D eigenvalue weighted by molar-refractivity contribution is 5.79. The van der Waals surface area contributed by atoms with Crippen molar-refractivity contribution in [1.29, 1.82) is 0 Å². The van der Waals surface area contributed by atoms with Crippen LogP contribution in [-0.2, 0) is 17.6 Å². The van der Waals surface area contributed by atoms with Crippen LogP contribution in [0.25, 0.3) is 0 Å². The lowest BCUT2D eigenvalue weighted by molar-refractivity contribution is -0.119. The molecule has 21 heavy (non-hydrogen) atoms. The Bertz CT molecular complexity index is 573. The number of nitrogens with one attached hydrogen (secondary N) is 1. The van der Waals surface area contributed by atoms with Gasteiger partial charge >= 0.3 is 0 Å². The van der Waals surface area contributed by atoms with Crippen molar-refractivity contribution in [2.24, 2.45) is 5.41 Å². The van der Waals surface area contributed by atoms with Gasteiger partial charge in [-0.1, -0.05) is 6.42 Å². The maximum Gasteiger partial charge on any atom is 0.220 e. The number of anilines is 1. The number of hydrogen-bond acceptors (Lipinski definition) is 4. The van der Waals surface area contributed by atoms with Crippen LogP contribution in [0.1, 0.15) is 43.4 Å². The number of rotatable bonds is 1. The van der Waals surface area contributed by atoms with Crippen LogP contribution in [0.15, 0.2) is 6.33 Å². The molecule has 1 aromatic heterocycles. The van der Waals surface area contributed by atoms with Crippen molar-refractivity contribution < 1.29 is 4.79 Å². The van der Waals surface area contributed by atoms with Gasteiger partial charge in [0, 0.05) is 42.7 Å². The Kier molecular flexibility index (Phi) is 3.08. The Morgan fingerprint density at radius 1 is 1.19 bits per heavy atom. The summed E-state index contributed by atoms with van der Waals surface area (Å²) in [5.74, 6) is 1.34. The van der Waals surface area contributed by atoms with Gasteiger partial charge in [-0.15, -0.1) is 0 Å². The summed E-state index contributed by atoms with van der Waals surface area (Å²) in [6.07, 6.45) is 9.45. The fraction of sp³-hybridized carbons (Fsp3) is 0.688. The average Bonchev–Trinajstić information content (AvgIpc) is 2.97. The molecule has 3 aliphatic rings. The van der Waals surface area contributed by atoms with Crippen LogP contribution in [0.2, 0.25) is 0 Å². The van der Waals surface area contributed by atoms with Gasteiger partial charge < -0.3 is 10.2 Å². The summed E-state index contributed by atoms with van der Waals surface area (Å²) < 4.78 is 0. The molecule has 112 valence electrons. The lowest BCUT2D eigenvalue weighted by Crippen LogP contribution is -2.30. The third-order valence-electron chi connectivity index (χ3n) is 5.29. The molecule has 0 radical (unpaired) electrons. The minimum atomic E-state index is 0.139. The molecule has 5 nitrogen and oxygen atoms in total. The fourth-order valence-corrected chi connectivity index (χ4v) is 4.11. The van der Waals surface area contributed by atoms with Gasteiger partial charge in [0.2, 0.25) is 5.91 Å². The highest BCUT2D eigenvalue weighted by atomic mass is 16.1. The first-order valence-electron chi connectivity index (χ1n) is 8.10. The molecule has 1 amide bonds. The van der Waals surface area contributed by atoms with Gasteiger partial charge in [-0.3, -0.25) is 4.79 Å². The normalized spacial score (nSPS) is 28.6. The molecular formula is C16H22N4O. The van der Waals surface area contributed by atoms with E-state index in [1.54, 1.807) is 6.33 Å². The Morgan fingerprint density at radius 3 is 2.95 bits per heavy atom. The number of amides is 1. The molecule has 1 aromatic rings. The predicted molar refractivity (Wildman–Crippen MR) is 80.2 cm³/mol. The molecule has 2 aliphatic heterocycles. The molecule has 2 saturated heterocycles. The Balaban J connectivity index is 1.61. The van der Waals surface area contributed by atoms with E-state index < -0.39 is 0 Å². The zero-order valence-electron chi connectivity index (χ0n) is 12.4. The third-order valence-corrected chi connectivity index (χ3v) is 5.29. The van der Waals surface area contributed by atoms with E-state index in [1.807, 2.05) is 0 Å². The van der Waals surface area contributed by atoms with Crippen molar-refractivity contribution >= 4 is 11.7 Å². The topological polar surface area (TPSA) is 58.1 Å². The van der Waals surface area contributed by atoms with E-state index >= 15 is 0 Å². The molecule has 1 spiro atoms. The zero-order valence-corrected chi connectivity index (χ0v) is 12.4. The molecule has 1 unspecified atom stereocenters. The summed E-state index contributed by atoms with van der Waals surface area (Å²) in [7, 11) is 0. The molecule has 1 N–H and O–H groups in total. The lowest BCUT2D eigenvalue weighted by atomic mass is 9.86. The highest BCUT2D eigenvalue weighted by Gasteiger charge is 2.44. The number of carbonyl (C=O) groups excluding carboxylic acids is 1. The van der Waals surface area contributed by atoms with E-state index in [0.29, 0.717) is 6.42 Å². The van der Waals surface area contributed by atoms with Crippen LogP contribution in [0.5, 0.6) is 0 Å². The maximum atomic E-state index is 11.6. The van der Waals surface area contributed by atoms with E-state index in [0.717, 1.165) is 44.7 Å². The fourth-order valence-electron chi connectivity index (χ4n) is 4.11. The van der Waals surface area contributed by atoms with Crippen LogP contribution in [0.4, 0.5) is 5.82 Å². The molecule has 2 fully saturated rings. The summed E-state index contributed by atoms with van der Waals surface area (Å²) in [6.45, 7) is 2.79. The second kappa shape index (κ2) is 4.97. The molecule has 0 bridgehead atoms. The Hall–Kier alpha value is -1.65. The first-order valence-corrected chi connectivity index (χ1v) is 8.10. The average molecular weight is 286 g/mol. The molecule has 5 heteroatoms. The smallest absolute Gasteiger partial charge is 0.220 e. The van der Waals surface area contributed by atoms with Gasteiger partial charge in [0.05, 0.1) is 0 Å². The molecule has 1 atom stereocenters. The van der Waals surface area contributed by atoms with Crippen molar-refractivity contribution in [3.8, 4) is 0 Å². The molecule has 0 aromatic carbocycles. The van der Waals surface area contributed by atoms with Crippen LogP contribution in [-0.4, -0.2) is 35.5 Å².